The van der Waals surface area contributed by atoms with Crippen LogP contribution in [0, 0.1) is 0 Å². The maximum atomic E-state index is 10.4. The molecule has 2 aromatic heterocycles. The topological polar surface area (TPSA) is 89.8 Å². The van der Waals surface area contributed by atoms with E-state index in [-0.39, 0.29) is 0 Å². The fraction of sp³-hybridized carbons (Fsp3) is 0.280. The zero-order valence-corrected chi connectivity index (χ0v) is 18.5. The molecule has 33 heavy (non-hydrogen) atoms. The van der Waals surface area contributed by atoms with E-state index in [1.807, 2.05) is 23.7 Å². The van der Waals surface area contributed by atoms with Crippen molar-refractivity contribution < 1.29 is 5.11 Å². The first-order chi connectivity index (χ1) is 16.0. The van der Waals surface area contributed by atoms with Gasteiger partial charge in [-0.15, -0.1) is 0 Å². The highest BCUT2D eigenvalue weighted by Gasteiger charge is 2.28. The van der Waals surface area contributed by atoms with Crippen LogP contribution in [0.4, 0.5) is 22.9 Å². The molecule has 0 spiro atoms. The minimum absolute atomic E-state index is 0.630. The second-order valence-corrected chi connectivity index (χ2v) is 9.18. The summed E-state index contributed by atoms with van der Waals surface area (Å²) in [5.74, 6) is 0.706. The molecule has 4 aromatic rings. The van der Waals surface area contributed by atoms with Crippen molar-refractivity contribution in [2.75, 3.05) is 28.7 Å². The van der Waals surface area contributed by atoms with Gasteiger partial charge in [0, 0.05) is 55.2 Å². The number of nitrogens with zero attached hydrogens (tertiary/aromatic N) is 4. The van der Waals surface area contributed by atoms with E-state index in [2.05, 4.69) is 68.5 Å². The summed E-state index contributed by atoms with van der Waals surface area (Å²) in [4.78, 5) is 11.6. The SMILES string of the molecule is CC1(O)CCCN(c2ccc(Nc3nc(-c4ccc5c(c4)NNC5)cn4ccnc34)cc2)C1. The van der Waals surface area contributed by atoms with Crippen LogP contribution in [0.1, 0.15) is 25.3 Å². The van der Waals surface area contributed by atoms with E-state index < -0.39 is 5.60 Å². The van der Waals surface area contributed by atoms with Gasteiger partial charge >= 0.3 is 0 Å². The highest BCUT2D eigenvalue weighted by molar-refractivity contribution is 5.76. The molecule has 1 unspecified atom stereocenters. The molecule has 1 saturated heterocycles. The minimum atomic E-state index is -0.630. The molecule has 168 valence electrons. The predicted octanol–water partition coefficient (Wildman–Crippen LogP) is 3.92. The van der Waals surface area contributed by atoms with E-state index >= 15 is 0 Å². The van der Waals surface area contributed by atoms with Crippen LogP contribution in [0.2, 0.25) is 0 Å². The number of hydrogen-bond donors (Lipinski definition) is 4. The lowest BCUT2D eigenvalue weighted by Crippen LogP contribution is -2.46. The molecule has 4 heterocycles. The molecule has 0 saturated carbocycles. The van der Waals surface area contributed by atoms with Crippen molar-refractivity contribution in [2.45, 2.75) is 31.9 Å². The third kappa shape index (κ3) is 3.88. The van der Waals surface area contributed by atoms with Gasteiger partial charge in [-0.2, -0.15) is 0 Å². The van der Waals surface area contributed by atoms with E-state index in [1.54, 1.807) is 6.20 Å². The number of nitrogens with one attached hydrogen (secondary N) is 3. The van der Waals surface area contributed by atoms with Crippen molar-refractivity contribution in [1.29, 1.82) is 0 Å². The van der Waals surface area contributed by atoms with Gasteiger partial charge in [0.2, 0.25) is 0 Å². The zero-order valence-electron chi connectivity index (χ0n) is 18.5. The number of aliphatic hydroxyl groups is 1. The average molecular weight is 442 g/mol. The van der Waals surface area contributed by atoms with Crippen LogP contribution in [-0.4, -0.2) is 38.2 Å². The maximum Gasteiger partial charge on any atom is 0.180 e. The Hall–Kier alpha value is -3.62. The monoisotopic (exact) mass is 441 g/mol. The van der Waals surface area contributed by atoms with Crippen LogP contribution in [0.15, 0.2) is 61.1 Å². The highest BCUT2D eigenvalue weighted by atomic mass is 16.3. The first-order valence-electron chi connectivity index (χ1n) is 11.3. The standard InChI is InChI=1S/C25H27N7O/c1-25(33)9-2-11-32(16-25)20-7-5-19(6-8-20)28-23-24-26-10-12-31(24)15-22(29-23)17-3-4-18-14-27-30-21(18)13-17/h3-8,10,12-13,15,27,30,33H,2,9,11,14,16H2,1H3,(H,28,29). The number of β-amino-alcohol motifs (C(OH)–C–C–N with tert-alkyl or cyclic N) is 1. The van der Waals surface area contributed by atoms with Gasteiger partial charge in [0.15, 0.2) is 11.5 Å². The summed E-state index contributed by atoms with van der Waals surface area (Å²) in [5, 5.41) is 13.9. The number of aromatic nitrogens is 3. The zero-order chi connectivity index (χ0) is 22.4. The predicted molar refractivity (Wildman–Crippen MR) is 131 cm³/mol. The highest BCUT2D eigenvalue weighted by Crippen LogP contribution is 2.30. The van der Waals surface area contributed by atoms with Crippen molar-refractivity contribution in [3.63, 3.8) is 0 Å². The summed E-state index contributed by atoms with van der Waals surface area (Å²) in [6.45, 7) is 4.36. The van der Waals surface area contributed by atoms with Crippen molar-refractivity contribution in [3.8, 4) is 11.3 Å². The van der Waals surface area contributed by atoms with Crippen LogP contribution >= 0.6 is 0 Å². The second kappa shape index (κ2) is 7.75. The normalized spacial score (nSPS) is 20.0. The lowest BCUT2D eigenvalue weighted by Gasteiger charge is -2.38. The molecule has 2 aliphatic heterocycles. The van der Waals surface area contributed by atoms with Crippen LogP contribution in [0.5, 0.6) is 0 Å². The number of hydrogen-bond acceptors (Lipinski definition) is 7. The summed E-state index contributed by atoms with van der Waals surface area (Å²) >= 11 is 0. The molecule has 0 amide bonds. The molecule has 0 radical (unpaired) electrons. The van der Waals surface area contributed by atoms with Crippen LogP contribution in [0.3, 0.4) is 0 Å². The van der Waals surface area contributed by atoms with Crippen molar-refractivity contribution in [1.82, 2.24) is 19.8 Å². The van der Waals surface area contributed by atoms with E-state index in [0.29, 0.717) is 12.4 Å². The van der Waals surface area contributed by atoms with Gasteiger partial charge in [0.05, 0.1) is 17.0 Å². The fourth-order valence-corrected chi connectivity index (χ4v) is 4.73. The van der Waals surface area contributed by atoms with E-state index in [4.69, 9.17) is 4.98 Å². The molecule has 8 nitrogen and oxygen atoms in total. The molecule has 1 fully saturated rings. The summed E-state index contributed by atoms with van der Waals surface area (Å²) in [6.07, 6.45) is 7.57. The Labute approximate surface area is 192 Å². The van der Waals surface area contributed by atoms with E-state index in [9.17, 15) is 5.11 Å². The van der Waals surface area contributed by atoms with E-state index in [0.717, 1.165) is 59.9 Å². The number of imidazole rings is 1. The molecule has 6 rings (SSSR count). The summed E-state index contributed by atoms with van der Waals surface area (Å²) < 4.78 is 1.99. The van der Waals surface area contributed by atoms with Gasteiger partial charge in [0.25, 0.3) is 0 Å². The summed E-state index contributed by atoms with van der Waals surface area (Å²) in [5.41, 5.74) is 12.8. The van der Waals surface area contributed by atoms with Crippen LogP contribution in [0.25, 0.3) is 16.9 Å². The first kappa shape index (κ1) is 20.0. The Morgan fingerprint density at radius 2 is 2.03 bits per heavy atom. The van der Waals surface area contributed by atoms with Gasteiger partial charge in [0.1, 0.15) is 0 Å². The molecule has 0 bridgehead atoms. The summed E-state index contributed by atoms with van der Waals surface area (Å²) in [6, 6.07) is 14.6. The molecule has 4 N–H and O–H groups in total. The first-order valence-corrected chi connectivity index (χ1v) is 11.3. The Balaban J connectivity index is 1.29. The lowest BCUT2D eigenvalue weighted by molar-refractivity contribution is 0.0449. The lowest BCUT2D eigenvalue weighted by atomic mass is 9.95. The average Bonchev–Trinajstić information content (AvgIpc) is 3.48. The fourth-order valence-electron chi connectivity index (χ4n) is 4.73. The van der Waals surface area contributed by atoms with Gasteiger partial charge in [-0.05, 0) is 55.7 Å². The largest absolute Gasteiger partial charge is 0.388 e. The number of hydrazine groups is 1. The molecular weight excluding hydrogens is 414 g/mol. The third-order valence-electron chi connectivity index (χ3n) is 6.45. The number of piperidine rings is 1. The van der Waals surface area contributed by atoms with Crippen LogP contribution < -0.4 is 21.1 Å². The van der Waals surface area contributed by atoms with Crippen molar-refractivity contribution in [3.05, 3.63) is 66.6 Å². The second-order valence-electron chi connectivity index (χ2n) is 9.18. The Morgan fingerprint density at radius 1 is 1.15 bits per heavy atom. The number of benzene rings is 2. The Kier molecular flexibility index (Phi) is 4.70. The van der Waals surface area contributed by atoms with Gasteiger partial charge in [-0.1, -0.05) is 12.1 Å². The maximum absolute atomic E-state index is 10.4. The minimum Gasteiger partial charge on any atom is -0.388 e. The molecule has 8 heteroatoms. The van der Waals surface area contributed by atoms with Gasteiger partial charge in [-0.25, -0.2) is 15.4 Å². The van der Waals surface area contributed by atoms with Crippen LogP contribution in [-0.2, 0) is 6.54 Å². The third-order valence-corrected chi connectivity index (χ3v) is 6.45. The van der Waals surface area contributed by atoms with Gasteiger partial charge < -0.3 is 25.1 Å². The molecule has 1 atom stereocenters. The molecule has 2 aromatic carbocycles. The number of fused-ring (bicyclic) bond motifs is 2. The van der Waals surface area contributed by atoms with Gasteiger partial charge in [-0.3, -0.25) is 0 Å². The summed E-state index contributed by atoms with van der Waals surface area (Å²) in [7, 11) is 0. The molecular formula is C25H27N7O. The molecule has 2 aliphatic rings. The van der Waals surface area contributed by atoms with Crippen molar-refractivity contribution >= 4 is 28.5 Å². The smallest absolute Gasteiger partial charge is 0.180 e. The molecule has 0 aliphatic carbocycles. The van der Waals surface area contributed by atoms with Crippen molar-refractivity contribution in [2.24, 2.45) is 0 Å². The quantitative estimate of drug-likeness (QED) is 0.382. The Bertz CT molecular complexity index is 1310. The Morgan fingerprint density at radius 3 is 2.88 bits per heavy atom. The number of rotatable bonds is 4. The number of anilines is 4. The van der Waals surface area contributed by atoms with E-state index in [1.165, 1.54) is 5.56 Å².